The Morgan fingerprint density at radius 1 is 1.20 bits per heavy atom. The first-order chi connectivity index (χ1) is 9.57. The summed E-state index contributed by atoms with van der Waals surface area (Å²) >= 11 is 1.54. The number of rotatable bonds is 5. The van der Waals surface area contributed by atoms with Gasteiger partial charge >= 0.3 is 0 Å². The first kappa shape index (κ1) is 13.7. The number of sulfonamides is 1. The van der Waals surface area contributed by atoms with Gasteiger partial charge in [-0.3, -0.25) is 0 Å². The van der Waals surface area contributed by atoms with Crippen molar-refractivity contribution in [1.82, 2.24) is 4.31 Å². The van der Waals surface area contributed by atoms with E-state index in [-0.39, 0.29) is 10.9 Å². The molecule has 3 rings (SSSR count). The predicted octanol–water partition coefficient (Wildman–Crippen LogP) is 3.24. The molecule has 1 saturated carbocycles. The quantitative estimate of drug-likeness (QED) is 0.850. The van der Waals surface area contributed by atoms with Crippen LogP contribution in [0.2, 0.25) is 0 Å². The van der Waals surface area contributed by atoms with E-state index in [1.165, 1.54) is 28.6 Å². The van der Waals surface area contributed by atoms with Gasteiger partial charge in [-0.1, -0.05) is 6.07 Å². The molecular formula is C14H14FNO2S2. The summed E-state index contributed by atoms with van der Waals surface area (Å²) in [5.41, 5.74) is 0. The van der Waals surface area contributed by atoms with Crippen molar-refractivity contribution < 1.29 is 12.8 Å². The average molecular weight is 311 g/mol. The smallest absolute Gasteiger partial charge is 0.207 e. The van der Waals surface area contributed by atoms with Crippen LogP contribution >= 0.6 is 11.3 Å². The number of thiophene rings is 1. The third-order valence-electron chi connectivity index (χ3n) is 3.27. The van der Waals surface area contributed by atoms with Gasteiger partial charge in [-0.2, -0.15) is 4.31 Å². The molecule has 0 bridgehead atoms. The maximum atomic E-state index is 12.9. The number of hydrogen-bond donors (Lipinski definition) is 0. The molecule has 1 aromatic heterocycles. The molecule has 0 atom stereocenters. The highest BCUT2D eigenvalue weighted by Crippen LogP contribution is 2.34. The average Bonchev–Trinajstić information content (AvgIpc) is 3.12. The van der Waals surface area contributed by atoms with Crippen molar-refractivity contribution >= 4 is 21.4 Å². The lowest BCUT2D eigenvalue weighted by Crippen LogP contribution is -2.32. The summed E-state index contributed by atoms with van der Waals surface area (Å²) in [6.45, 7) is 0.391. The SMILES string of the molecule is O=S(=O)(c1ccc(F)cc1)N(Cc1cccs1)C1CC1. The second-order valence-corrected chi connectivity index (χ2v) is 7.74. The first-order valence-electron chi connectivity index (χ1n) is 6.37. The van der Waals surface area contributed by atoms with Crippen LogP contribution in [0.25, 0.3) is 0 Å². The van der Waals surface area contributed by atoms with Crippen LogP contribution < -0.4 is 0 Å². The lowest BCUT2D eigenvalue weighted by atomic mass is 10.4. The predicted molar refractivity (Wildman–Crippen MR) is 76.5 cm³/mol. The maximum Gasteiger partial charge on any atom is 0.243 e. The highest BCUT2D eigenvalue weighted by molar-refractivity contribution is 7.89. The minimum absolute atomic E-state index is 0.0761. The van der Waals surface area contributed by atoms with E-state index in [2.05, 4.69) is 0 Å². The summed E-state index contributed by atoms with van der Waals surface area (Å²) in [5, 5.41) is 1.94. The van der Waals surface area contributed by atoms with Crippen LogP contribution in [0.1, 0.15) is 17.7 Å². The summed E-state index contributed by atoms with van der Waals surface area (Å²) < 4.78 is 39.8. The molecule has 1 aliphatic rings. The third kappa shape index (κ3) is 2.77. The summed E-state index contributed by atoms with van der Waals surface area (Å²) in [4.78, 5) is 1.17. The Hall–Kier alpha value is -1.24. The minimum Gasteiger partial charge on any atom is -0.207 e. The van der Waals surface area contributed by atoms with Crippen molar-refractivity contribution in [2.45, 2.75) is 30.3 Å². The molecule has 1 fully saturated rings. The van der Waals surface area contributed by atoms with Gasteiger partial charge < -0.3 is 0 Å². The Labute approximate surface area is 121 Å². The fourth-order valence-corrected chi connectivity index (χ4v) is 4.52. The molecular weight excluding hydrogens is 297 g/mol. The van der Waals surface area contributed by atoms with Gasteiger partial charge in [0.15, 0.2) is 0 Å². The topological polar surface area (TPSA) is 37.4 Å². The molecule has 0 radical (unpaired) electrons. The molecule has 1 aromatic carbocycles. The van der Waals surface area contributed by atoms with Gasteiger partial charge in [0, 0.05) is 17.5 Å². The van der Waals surface area contributed by atoms with Gasteiger partial charge in [0.1, 0.15) is 5.82 Å². The van der Waals surface area contributed by atoms with Crippen LogP contribution in [0, 0.1) is 5.82 Å². The van der Waals surface area contributed by atoms with Gasteiger partial charge in [-0.05, 0) is 48.6 Å². The number of nitrogens with zero attached hydrogens (tertiary/aromatic N) is 1. The summed E-state index contributed by atoms with van der Waals surface area (Å²) in [5.74, 6) is -0.430. The Kier molecular flexibility index (Phi) is 3.62. The maximum absolute atomic E-state index is 12.9. The molecule has 2 aromatic rings. The largest absolute Gasteiger partial charge is 0.243 e. The normalized spacial score (nSPS) is 15.7. The van der Waals surface area contributed by atoms with E-state index in [0.29, 0.717) is 6.54 Å². The molecule has 6 heteroatoms. The second-order valence-electron chi connectivity index (χ2n) is 4.81. The van der Waals surface area contributed by atoms with Crippen LogP contribution in [-0.4, -0.2) is 18.8 Å². The van der Waals surface area contributed by atoms with E-state index < -0.39 is 15.8 Å². The zero-order valence-electron chi connectivity index (χ0n) is 10.7. The van der Waals surface area contributed by atoms with Crippen molar-refractivity contribution in [3.63, 3.8) is 0 Å². The van der Waals surface area contributed by atoms with Crippen molar-refractivity contribution in [1.29, 1.82) is 0 Å². The lowest BCUT2D eigenvalue weighted by Gasteiger charge is -2.21. The molecule has 106 valence electrons. The second kappa shape index (κ2) is 5.27. The van der Waals surface area contributed by atoms with Crippen molar-refractivity contribution in [3.8, 4) is 0 Å². The van der Waals surface area contributed by atoms with Crippen LogP contribution in [-0.2, 0) is 16.6 Å². The van der Waals surface area contributed by atoms with Gasteiger partial charge in [0.2, 0.25) is 10.0 Å². The minimum atomic E-state index is -3.56. The monoisotopic (exact) mass is 311 g/mol. The fourth-order valence-electron chi connectivity index (χ4n) is 2.07. The Morgan fingerprint density at radius 3 is 2.45 bits per heavy atom. The molecule has 0 N–H and O–H groups in total. The molecule has 0 saturated heterocycles. The van der Waals surface area contributed by atoms with Gasteiger partial charge in [0.05, 0.1) is 4.90 Å². The van der Waals surface area contributed by atoms with Crippen molar-refractivity contribution in [2.75, 3.05) is 0 Å². The van der Waals surface area contributed by atoms with Crippen LogP contribution in [0.3, 0.4) is 0 Å². The van der Waals surface area contributed by atoms with E-state index in [1.807, 2.05) is 17.5 Å². The number of hydrogen-bond acceptors (Lipinski definition) is 3. The summed E-state index contributed by atoms with van der Waals surface area (Å²) in [6, 6.07) is 8.94. The van der Waals surface area contributed by atoms with E-state index >= 15 is 0 Å². The van der Waals surface area contributed by atoms with Crippen LogP contribution in [0.4, 0.5) is 4.39 Å². The molecule has 20 heavy (non-hydrogen) atoms. The summed E-state index contributed by atoms with van der Waals surface area (Å²) in [6.07, 6.45) is 1.79. The molecule has 1 heterocycles. The van der Waals surface area contributed by atoms with E-state index in [0.717, 1.165) is 17.7 Å². The molecule has 3 nitrogen and oxygen atoms in total. The standard InChI is InChI=1S/C14H14FNO2S2/c15-11-3-7-14(8-4-11)20(17,18)16(12-5-6-12)10-13-2-1-9-19-13/h1-4,7-9,12H,5-6,10H2. The Balaban J connectivity index is 1.91. The fraction of sp³-hybridized carbons (Fsp3) is 0.286. The van der Waals surface area contributed by atoms with Crippen molar-refractivity contribution in [2.24, 2.45) is 0 Å². The van der Waals surface area contributed by atoms with E-state index in [9.17, 15) is 12.8 Å². The Morgan fingerprint density at radius 2 is 1.90 bits per heavy atom. The molecule has 0 aliphatic heterocycles. The highest BCUT2D eigenvalue weighted by Gasteiger charge is 2.38. The van der Waals surface area contributed by atoms with E-state index in [1.54, 1.807) is 11.3 Å². The van der Waals surface area contributed by atoms with Crippen molar-refractivity contribution in [3.05, 3.63) is 52.5 Å². The van der Waals surface area contributed by atoms with Gasteiger partial charge in [-0.15, -0.1) is 11.3 Å². The molecule has 1 aliphatic carbocycles. The Bertz CT molecular complexity index is 676. The van der Waals surface area contributed by atoms with Crippen LogP contribution in [0.5, 0.6) is 0 Å². The lowest BCUT2D eigenvalue weighted by molar-refractivity contribution is 0.401. The third-order valence-corrected chi connectivity index (χ3v) is 6.04. The van der Waals surface area contributed by atoms with E-state index in [4.69, 9.17) is 0 Å². The first-order valence-corrected chi connectivity index (χ1v) is 8.69. The van der Waals surface area contributed by atoms with Gasteiger partial charge in [0.25, 0.3) is 0 Å². The molecule has 0 unspecified atom stereocenters. The zero-order valence-corrected chi connectivity index (χ0v) is 12.3. The van der Waals surface area contributed by atoms with Crippen LogP contribution in [0.15, 0.2) is 46.7 Å². The molecule has 0 spiro atoms. The highest BCUT2D eigenvalue weighted by atomic mass is 32.2. The zero-order chi connectivity index (χ0) is 14.2. The van der Waals surface area contributed by atoms with Gasteiger partial charge in [-0.25, -0.2) is 12.8 Å². The molecule has 0 amide bonds. The number of halogens is 1. The summed E-state index contributed by atoms with van der Waals surface area (Å²) in [7, 11) is -3.56. The number of benzene rings is 1.